The van der Waals surface area contributed by atoms with E-state index in [1.807, 2.05) is 111 Å². The van der Waals surface area contributed by atoms with Crippen molar-refractivity contribution in [3.05, 3.63) is 150 Å². The molecule has 0 aliphatic carbocycles. The van der Waals surface area contributed by atoms with Gasteiger partial charge in [-0.05, 0) is 29.5 Å². The van der Waals surface area contributed by atoms with Gasteiger partial charge in [-0.25, -0.2) is 9.78 Å². The third-order valence-corrected chi connectivity index (χ3v) is 10.1. The number of benzene rings is 4. The lowest BCUT2D eigenvalue weighted by molar-refractivity contribution is -0.136. The maximum Gasteiger partial charge on any atom is 0.408 e. The standard InChI is InChI=1S/C43H47N7O4/c51-41(49-23-21-44-27-36(49)25-32-13-5-1-6-14-32)38(47-43(53)54-30-34-17-9-3-10-18-34)29-48-31-46-39(40(48)35-19-11-4-12-20-35)42(52)50-24-22-45-28-37(50)26-33-15-7-2-8-16-33/h1-20,31,36-38,44-45H,21-30H2,(H,47,53)/t36-,37-,38-/m1/s1. The average molecular weight is 726 g/mol. The van der Waals surface area contributed by atoms with E-state index in [-0.39, 0.29) is 37.0 Å². The van der Waals surface area contributed by atoms with E-state index in [1.165, 1.54) is 0 Å². The second-order valence-corrected chi connectivity index (χ2v) is 13.8. The van der Waals surface area contributed by atoms with Crippen molar-refractivity contribution in [1.82, 2.24) is 35.3 Å². The summed E-state index contributed by atoms with van der Waals surface area (Å²) in [6.45, 7) is 3.74. The van der Waals surface area contributed by atoms with E-state index in [1.54, 1.807) is 6.33 Å². The van der Waals surface area contributed by atoms with Gasteiger partial charge < -0.3 is 35.1 Å². The van der Waals surface area contributed by atoms with Crippen LogP contribution in [-0.4, -0.2) is 94.7 Å². The van der Waals surface area contributed by atoms with E-state index >= 15 is 0 Å². The first kappa shape index (κ1) is 36.6. The number of amides is 3. The molecule has 2 aliphatic heterocycles. The average Bonchev–Trinajstić information content (AvgIpc) is 3.64. The van der Waals surface area contributed by atoms with Gasteiger partial charge in [0, 0.05) is 56.9 Å². The Labute approximate surface area is 316 Å². The fraction of sp³-hybridized carbons (Fsp3) is 0.302. The molecule has 3 atom stereocenters. The molecule has 0 bridgehead atoms. The molecule has 2 fully saturated rings. The number of imidazole rings is 1. The summed E-state index contributed by atoms with van der Waals surface area (Å²) < 4.78 is 7.45. The summed E-state index contributed by atoms with van der Waals surface area (Å²) in [5, 5.41) is 9.80. The summed E-state index contributed by atoms with van der Waals surface area (Å²) in [4.78, 5) is 51.2. The smallest absolute Gasteiger partial charge is 0.408 e. The number of carbonyl (C=O) groups excluding carboxylic acids is 3. The number of nitrogens with zero attached hydrogens (tertiary/aromatic N) is 4. The van der Waals surface area contributed by atoms with Gasteiger partial charge in [-0.15, -0.1) is 0 Å². The van der Waals surface area contributed by atoms with Crippen molar-refractivity contribution in [2.45, 2.75) is 44.1 Å². The van der Waals surface area contributed by atoms with E-state index in [0.717, 1.165) is 22.3 Å². The summed E-state index contributed by atoms with van der Waals surface area (Å²) in [6, 6.07) is 38.2. The Balaban J connectivity index is 1.19. The third-order valence-electron chi connectivity index (χ3n) is 10.1. The molecule has 3 N–H and O–H groups in total. The topological polar surface area (TPSA) is 121 Å². The molecule has 0 spiro atoms. The van der Waals surface area contributed by atoms with Crippen LogP contribution in [0.15, 0.2) is 128 Å². The highest BCUT2D eigenvalue weighted by molar-refractivity contribution is 5.98. The Morgan fingerprint density at radius 3 is 1.81 bits per heavy atom. The van der Waals surface area contributed by atoms with Crippen LogP contribution in [0.25, 0.3) is 11.3 Å². The SMILES string of the molecule is O=C(N[C@H](Cn1cnc(C(=O)N2CCNC[C@H]2Cc2ccccc2)c1-c1ccccc1)C(=O)N1CCNC[C@H]1Cc1ccccc1)OCc1ccccc1. The molecule has 3 heterocycles. The fourth-order valence-corrected chi connectivity index (χ4v) is 7.42. The maximum absolute atomic E-state index is 14.7. The zero-order valence-electron chi connectivity index (χ0n) is 30.3. The number of hydrogen-bond acceptors (Lipinski definition) is 7. The maximum atomic E-state index is 14.7. The van der Waals surface area contributed by atoms with Crippen LogP contribution >= 0.6 is 0 Å². The van der Waals surface area contributed by atoms with Gasteiger partial charge in [0.05, 0.1) is 18.6 Å². The van der Waals surface area contributed by atoms with E-state index < -0.39 is 12.1 Å². The first-order chi connectivity index (χ1) is 26.5. The molecule has 4 aromatic carbocycles. The third kappa shape index (κ3) is 9.05. The van der Waals surface area contributed by atoms with Gasteiger partial charge in [-0.3, -0.25) is 9.59 Å². The molecule has 0 unspecified atom stereocenters. The first-order valence-corrected chi connectivity index (χ1v) is 18.7. The second-order valence-electron chi connectivity index (χ2n) is 13.8. The van der Waals surface area contributed by atoms with Crippen molar-refractivity contribution >= 4 is 17.9 Å². The molecule has 2 aliphatic rings. The van der Waals surface area contributed by atoms with Crippen molar-refractivity contribution in [3.8, 4) is 11.3 Å². The highest BCUT2D eigenvalue weighted by Crippen LogP contribution is 2.27. The fourth-order valence-electron chi connectivity index (χ4n) is 7.42. The molecule has 54 heavy (non-hydrogen) atoms. The normalized spacial score (nSPS) is 17.8. The van der Waals surface area contributed by atoms with Crippen molar-refractivity contribution in [2.24, 2.45) is 0 Å². The molecule has 2 saturated heterocycles. The van der Waals surface area contributed by atoms with Crippen molar-refractivity contribution in [2.75, 3.05) is 39.3 Å². The number of hydrogen-bond donors (Lipinski definition) is 3. The van der Waals surface area contributed by atoms with E-state index in [4.69, 9.17) is 9.72 Å². The molecule has 7 rings (SSSR count). The van der Waals surface area contributed by atoms with Crippen molar-refractivity contribution < 1.29 is 19.1 Å². The number of rotatable bonds is 12. The Morgan fingerprint density at radius 1 is 0.704 bits per heavy atom. The number of aromatic nitrogens is 2. The minimum Gasteiger partial charge on any atom is -0.445 e. The lowest BCUT2D eigenvalue weighted by Gasteiger charge is -2.38. The van der Waals surface area contributed by atoms with Crippen molar-refractivity contribution in [3.63, 3.8) is 0 Å². The molecular formula is C43H47N7O4. The van der Waals surface area contributed by atoms with Crippen LogP contribution < -0.4 is 16.0 Å². The number of piperazine rings is 2. The number of nitrogens with one attached hydrogen (secondary N) is 3. The van der Waals surface area contributed by atoms with Gasteiger partial charge in [0.2, 0.25) is 5.91 Å². The molecule has 0 radical (unpaired) electrons. The van der Waals surface area contributed by atoms with Crippen LogP contribution in [0.5, 0.6) is 0 Å². The monoisotopic (exact) mass is 725 g/mol. The first-order valence-electron chi connectivity index (χ1n) is 18.7. The van der Waals surface area contributed by atoms with Crippen LogP contribution in [-0.2, 0) is 35.5 Å². The number of carbonyl (C=O) groups is 3. The molecule has 278 valence electrons. The molecule has 11 heteroatoms. The van der Waals surface area contributed by atoms with E-state index in [2.05, 4.69) is 40.2 Å². The quantitative estimate of drug-likeness (QED) is 0.173. The van der Waals surface area contributed by atoms with Crippen LogP contribution in [0.4, 0.5) is 4.79 Å². The Bertz CT molecular complexity index is 1970. The van der Waals surface area contributed by atoms with Crippen LogP contribution in [0.1, 0.15) is 27.2 Å². The second kappa shape index (κ2) is 17.8. The molecule has 5 aromatic rings. The largest absolute Gasteiger partial charge is 0.445 e. The van der Waals surface area contributed by atoms with Crippen LogP contribution in [0, 0.1) is 0 Å². The predicted molar refractivity (Wildman–Crippen MR) is 208 cm³/mol. The summed E-state index contributed by atoms with van der Waals surface area (Å²) in [5.41, 5.74) is 4.80. The van der Waals surface area contributed by atoms with E-state index in [0.29, 0.717) is 63.5 Å². The minimum atomic E-state index is -1.01. The molecule has 11 nitrogen and oxygen atoms in total. The minimum absolute atomic E-state index is 0.0424. The number of ether oxygens (including phenoxy) is 1. The zero-order chi connectivity index (χ0) is 37.1. The molecule has 1 aromatic heterocycles. The predicted octanol–water partition coefficient (Wildman–Crippen LogP) is 4.54. The summed E-state index contributed by atoms with van der Waals surface area (Å²) in [5.74, 6) is -0.391. The van der Waals surface area contributed by atoms with Crippen molar-refractivity contribution in [1.29, 1.82) is 0 Å². The highest BCUT2D eigenvalue weighted by atomic mass is 16.5. The van der Waals surface area contributed by atoms with Gasteiger partial charge in [0.15, 0.2) is 5.69 Å². The zero-order valence-corrected chi connectivity index (χ0v) is 30.3. The Morgan fingerprint density at radius 2 is 1.22 bits per heavy atom. The Hall–Kier alpha value is -5.78. The van der Waals surface area contributed by atoms with Crippen LogP contribution in [0.3, 0.4) is 0 Å². The lowest BCUT2D eigenvalue weighted by atomic mass is 10.0. The van der Waals surface area contributed by atoms with E-state index in [9.17, 15) is 14.4 Å². The van der Waals surface area contributed by atoms with Gasteiger partial charge in [-0.2, -0.15) is 0 Å². The highest BCUT2D eigenvalue weighted by Gasteiger charge is 2.36. The number of alkyl carbamates (subject to hydrolysis) is 1. The lowest BCUT2D eigenvalue weighted by Crippen LogP contribution is -2.60. The summed E-state index contributed by atoms with van der Waals surface area (Å²) in [6.07, 6.45) is 2.29. The summed E-state index contributed by atoms with van der Waals surface area (Å²) in [7, 11) is 0. The molecule has 3 amide bonds. The molecule has 0 saturated carbocycles. The van der Waals surface area contributed by atoms with Gasteiger partial charge in [0.25, 0.3) is 5.91 Å². The Kier molecular flexibility index (Phi) is 12.1. The van der Waals surface area contributed by atoms with Gasteiger partial charge in [-0.1, -0.05) is 121 Å². The van der Waals surface area contributed by atoms with Crippen LogP contribution in [0.2, 0.25) is 0 Å². The summed E-state index contributed by atoms with van der Waals surface area (Å²) >= 11 is 0. The van der Waals surface area contributed by atoms with Gasteiger partial charge >= 0.3 is 6.09 Å². The van der Waals surface area contributed by atoms with Gasteiger partial charge in [0.1, 0.15) is 12.6 Å². The molecular weight excluding hydrogens is 679 g/mol.